The molecule has 4 nitrogen and oxygen atoms in total. The summed E-state index contributed by atoms with van der Waals surface area (Å²) in [6.07, 6.45) is 5.00. The molecule has 0 unspecified atom stereocenters. The van der Waals surface area contributed by atoms with Crippen molar-refractivity contribution in [2.45, 2.75) is 0 Å². The van der Waals surface area contributed by atoms with E-state index in [0.29, 0.717) is 5.82 Å². The van der Waals surface area contributed by atoms with E-state index >= 15 is 0 Å². The number of hydrogen-bond donors (Lipinski definition) is 1. The number of amides is 1. The summed E-state index contributed by atoms with van der Waals surface area (Å²) in [4.78, 5) is 11.6. The van der Waals surface area contributed by atoms with Crippen LogP contribution < -0.4 is 5.32 Å². The molecule has 1 amide bonds. The first-order chi connectivity index (χ1) is 8.65. The Balaban J connectivity index is 2.01. The molecule has 0 aliphatic heterocycles. The number of aromatic nitrogens is 2. The Bertz CT molecular complexity index is 589. The van der Waals surface area contributed by atoms with Gasteiger partial charge in [0.15, 0.2) is 5.82 Å². The molecule has 0 radical (unpaired) electrons. The Hall–Kier alpha value is -1.88. The smallest absolute Gasteiger partial charge is 0.249 e. The molecule has 92 valence electrons. The molecular weight excluding hydrogens is 294 g/mol. The van der Waals surface area contributed by atoms with Gasteiger partial charge in [0.2, 0.25) is 5.91 Å². The molecular formula is C13H12BrN3O. The van der Waals surface area contributed by atoms with Crippen molar-refractivity contribution in [3.8, 4) is 0 Å². The highest BCUT2D eigenvalue weighted by atomic mass is 79.9. The van der Waals surface area contributed by atoms with Gasteiger partial charge in [0, 0.05) is 29.9 Å². The van der Waals surface area contributed by atoms with Crippen molar-refractivity contribution in [3.05, 3.63) is 52.6 Å². The lowest BCUT2D eigenvalue weighted by atomic mass is 10.2. The zero-order valence-electron chi connectivity index (χ0n) is 9.80. The second kappa shape index (κ2) is 5.64. The maximum Gasteiger partial charge on any atom is 0.249 e. The van der Waals surface area contributed by atoms with Crippen LogP contribution in [0.3, 0.4) is 0 Å². The Morgan fingerprint density at radius 1 is 1.39 bits per heavy atom. The number of aryl methyl sites for hydroxylation is 1. The third kappa shape index (κ3) is 3.30. The standard InChI is InChI=1S/C13H12BrN3O/c1-17-9-8-12(16-17)15-13(18)7-6-10-4-2-3-5-11(10)14/h2-9H,1H3,(H,15,16,18)/b7-6+. The summed E-state index contributed by atoms with van der Waals surface area (Å²) in [5.74, 6) is 0.337. The molecule has 0 spiro atoms. The van der Waals surface area contributed by atoms with Crippen molar-refractivity contribution in [2.75, 3.05) is 5.32 Å². The van der Waals surface area contributed by atoms with E-state index in [4.69, 9.17) is 0 Å². The number of halogens is 1. The Morgan fingerprint density at radius 3 is 2.83 bits per heavy atom. The van der Waals surface area contributed by atoms with Crippen LogP contribution in [0.15, 0.2) is 47.1 Å². The first-order valence-electron chi connectivity index (χ1n) is 5.38. The topological polar surface area (TPSA) is 46.9 Å². The van der Waals surface area contributed by atoms with E-state index in [0.717, 1.165) is 10.0 Å². The minimum Gasteiger partial charge on any atom is -0.306 e. The maximum absolute atomic E-state index is 11.6. The lowest BCUT2D eigenvalue weighted by molar-refractivity contribution is -0.111. The fourth-order valence-corrected chi connectivity index (χ4v) is 1.84. The Labute approximate surface area is 113 Å². The van der Waals surface area contributed by atoms with Crippen LogP contribution in [0.4, 0.5) is 5.82 Å². The molecule has 2 aromatic rings. The van der Waals surface area contributed by atoms with E-state index in [-0.39, 0.29) is 5.91 Å². The zero-order chi connectivity index (χ0) is 13.0. The van der Waals surface area contributed by atoms with E-state index in [1.165, 1.54) is 6.08 Å². The third-order valence-corrected chi connectivity index (χ3v) is 3.01. The van der Waals surface area contributed by atoms with Crippen LogP contribution in [-0.2, 0) is 11.8 Å². The lowest BCUT2D eigenvalue weighted by Crippen LogP contribution is -2.08. The number of carbonyl (C=O) groups excluding carboxylic acids is 1. The fraction of sp³-hybridized carbons (Fsp3) is 0.0769. The predicted octanol–water partition coefficient (Wildman–Crippen LogP) is 2.83. The average Bonchev–Trinajstić information content (AvgIpc) is 2.74. The molecule has 1 N–H and O–H groups in total. The van der Waals surface area contributed by atoms with Gasteiger partial charge in [-0.05, 0) is 17.7 Å². The maximum atomic E-state index is 11.6. The van der Waals surface area contributed by atoms with Crippen molar-refractivity contribution >= 4 is 33.7 Å². The van der Waals surface area contributed by atoms with Gasteiger partial charge < -0.3 is 5.32 Å². The van der Waals surface area contributed by atoms with Gasteiger partial charge in [-0.25, -0.2) is 0 Å². The van der Waals surface area contributed by atoms with E-state index < -0.39 is 0 Å². The van der Waals surface area contributed by atoms with Crippen LogP contribution in [0.1, 0.15) is 5.56 Å². The number of benzene rings is 1. The van der Waals surface area contributed by atoms with Crippen LogP contribution in [-0.4, -0.2) is 15.7 Å². The van der Waals surface area contributed by atoms with Crippen LogP contribution in [0.5, 0.6) is 0 Å². The van der Waals surface area contributed by atoms with Crippen LogP contribution in [0, 0.1) is 0 Å². The molecule has 0 saturated carbocycles. The van der Waals surface area contributed by atoms with Gasteiger partial charge in [-0.3, -0.25) is 9.48 Å². The van der Waals surface area contributed by atoms with Crippen LogP contribution in [0.25, 0.3) is 6.08 Å². The summed E-state index contributed by atoms with van der Waals surface area (Å²) in [7, 11) is 1.80. The number of anilines is 1. The third-order valence-electron chi connectivity index (χ3n) is 2.28. The molecule has 0 aliphatic rings. The number of rotatable bonds is 3. The van der Waals surface area contributed by atoms with Crippen molar-refractivity contribution in [2.24, 2.45) is 7.05 Å². The summed E-state index contributed by atoms with van der Waals surface area (Å²) < 4.78 is 2.58. The van der Waals surface area contributed by atoms with E-state index in [1.54, 1.807) is 30.1 Å². The fourth-order valence-electron chi connectivity index (χ4n) is 1.43. The number of hydrogen-bond acceptors (Lipinski definition) is 2. The monoisotopic (exact) mass is 305 g/mol. The Kier molecular flexibility index (Phi) is 3.94. The van der Waals surface area contributed by atoms with Gasteiger partial charge in [-0.1, -0.05) is 34.1 Å². The number of carbonyl (C=O) groups is 1. The summed E-state index contributed by atoms with van der Waals surface area (Å²) in [5.41, 5.74) is 0.952. The minimum atomic E-state index is -0.204. The first-order valence-corrected chi connectivity index (χ1v) is 6.18. The zero-order valence-corrected chi connectivity index (χ0v) is 11.4. The molecule has 1 aromatic carbocycles. The van der Waals surface area contributed by atoms with Crippen molar-refractivity contribution in [3.63, 3.8) is 0 Å². The molecule has 0 atom stereocenters. The molecule has 0 fully saturated rings. The minimum absolute atomic E-state index is 0.204. The van der Waals surface area contributed by atoms with Crippen LogP contribution >= 0.6 is 15.9 Å². The van der Waals surface area contributed by atoms with Gasteiger partial charge in [-0.15, -0.1) is 0 Å². The Morgan fingerprint density at radius 2 is 2.17 bits per heavy atom. The predicted molar refractivity (Wildman–Crippen MR) is 75.0 cm³/mol. The molecule has 0 saturated heterocycles. The molecule has 0 aliphatic carbocycles. The summed E-state index contributed by atoms with van der Waals surface area (Å²) in [6.45, 7) is 0. The highest BCUT2D eigenvalue weighted by Gasteiger charge is 2.00. The largest absolute Gasteiger partial charge is 0.306 e. The number of nitrogens with one attached hydrogen (secondary N) is 1. The van der Waals surface area contributed by atoms with Gasteiger partial charge in [0.1, 0.15) is 0 Å². The second-order valence-corrected chi connectivity index (χ2v) is 4.57. The van der Waals surface area contributed by atoms with Crippen molar-refractivity contribution in [1.29, 1.82) is 0 Å². The highest BCUT2D eigenvalue weighted by Crippen LogP contribution is 2.17. The van der Waals surface area contributed by atoms with E-state index in [2.05, 4.69) is 26.3 Å². The van der Waals surface area contributed by atoms with Gasteiger partial charge >= 0.3 is 0 Å². The molecule has 5 heteroatoms. The first kappa shape index (κ1) is 12.6. The second-order valence-electron chi connectivity index (χ2n) is 3.72. The molecule has 1 heterocycles. The van der Waals surface area contributed by atoms with Gasteiger partial charge in [0.25, 0.3) is 0 Å². The summed E-state index contributed by atoms with van der Waals surface area (Å²) in [6, 6.07) is 9.44. The van der Waals surface area contributed by atoms with Crippen LogP contribution in [0.2, 0.25) is 0 Å². The highest BCUT2D eigenvalue weighted by molar-refractivity contribution is 9.10. The van der Waals surface area contributed by atoms with Gasteiger partial charge in [0.05, 0.1) is 0 Å². The van der Waals surface area contributed by atoms with Crippen molar-refractivity contribution in [1.82, 2.24) is 9.78 Å². The molecule has 18 heavy (non-hydrogen) atoms. The summed E-state index contributed by atoms with van der Waals surface area (Å²) >= 11 is 3.42. The number of nitrogens with zero attached hydrogens (tertiary/aromatic N) is 2. The lowest BCUT2D eigenvalue weighted by Gasteiger charge is -1.98. The van der Waals surface area contributed by atoms with Crippen molar-refractivity contribution < 1.29 is 4.79 Å². The SMILES string of the molecule is Cn1ccc(NC(=O)/C=C/c2ccccc2Br)n1. The molecule has 2 rings (SSSR count). The average molecular weight is 306 g/mol. The quantitative estimate of drug-likeness (QED) is 0.886. The normalized spacial score (nSPS) is 10.8. The summed E-state index contributed by atoms with van der Waals surface area (Å²) in [5, 5.41) is 6.74. The van der Waals surface area contributed by atoms with Gasteiger partial charge in [-0.2, -0.15) is 5.10 Å². The van der Waals surface area contributed by atoms with E-state index in [9.17, 15) is 4.79 Å². The molecule has 1 aromatic heterocycles. The van der Waals surface area contributed by atoms with E-state index in [1.807, 2.05) is 24.3 Å². The molecule has 0 bridgehead atoms.